The molecule has 1 atom stereocenters. The summed E-state index contributed by atoms with van der Waals surface area (Å²) in [5.41, 5.74) is 0.210. The van der Waals surface area contributed by atoms with Gasteiger partial charge in [-0.1, -0.05) is 13.8 Å². The number of hydrogen-bond acceptors (Lipinski definition) is 5. The average molecular weight is 399 g/mol. The largest absolute Gasteiger partial charge is 0.477 e. The van der Waals surface area contributed by atoms with Gasteiger partial charge < -0.3 is 14.8 Å². The number of pyridine rings is 1. The predicted octanol–water partition coefficient (Wildman–Crippen LogP) is 2.95. The molecule has 1 aromatic heterocycles. The predicted molar refractivity (Wildman–Crippen MR) is 92.9 cm³/mol. The fourth-order valence-corrected chi connectivity index (χ4v) is 2.53. The Hall–Kier alpha value is -1.63. The lowest BCUT2D eigenvalue weighted by molar-refractivity contribution is -0.143. The molecule has 6 nitrogen and oxygen atoms in total. The van der Waals surface area contributed by atoms with Gasteiger partial charge in [-0.2, -0.15) is 0 Å². The molecule has 0 bridgehead atoms. The summed E-state index contributed by atoms with van der Waals surface area (Å²) < 4.78 is 11.1. The van der Waals surface area contributed by atoms with E-state index in [4.69, 9.17) is 9.47 Å². The van der Waals surface area contributed by atoms with Crippen LogP contribution in [0.2, 0.25) is 0 Å². The molecule has 1 aliphatic rings. The minimum Gasteiger partial charge on any atom is -0.477 e. The summed E-state index contributed by atoms with van der Waals surface area (Å²) in [4.78, 5) is 28.5. The third-order valence-electron chi connectivity index (χ3n) is 3.70. The molecular weight excluding hydrogens is 376 g/mol. The van der Waals surface area contributed by atoms with E-state index in [1.54, 1.807) is 12.1 Å². The lowest BCUT2D eigenvalue weighted by atomic mass is 10.0. The zero-order valence-corrected chi connectivity index (χ0v) is 15.8. The lowest BCUT2D eigenvalue weighted by Crippen LogP contribution is -2.42. The number of hydrogen-bond donors (Lipinski definition) is 1. The molecule has 132 valence electrons. The van der Waals surface area contributed by atoms with E-state index in [0.717, 1.165) is 0 Å². The minimum atomic E-state index is -0.691. The maximum absolute atomic E-state index is 12.4. The van der Waals surface area contributed by atoms with Crippen LogP contribution >= 0.6 is 15.9 Å². The molecule has 0 radical (unpaired) electrons. The number of ether oxygens (including phenoxy) is 2. The third kappa shape index (κ3) is 5.47. The number of methoxy groups -OCH3 is 1. The molecule has 1 aliphatic carbocycles. The number of esters is 1. The summed E-state index contributed by atoms with van der Waals surface area (Å²) in [6.45, 7) is 4.56. The first-order valence-corrected chi connectivity index (χ1v) is 8.88. The van der Waals surface area contributed by atoms with E-state index < -0.39 is 17.9 Å². The van der Waals surface area contributed by atoms with Gasteiger partial charge in [-0.15, -0.1) is 0 Å². The maximum atomic E-state index is 12.4. The van der Waals surface area contributed by atoms with Gasteiger partial charge in [0.25, 0.3) is 5.91 Å². The van der Waals surface area contributed by atoms with Crippen molar-refractivity contribution in [1.82, 2.24) is 10.3 Å². The molecule has 1 aromatic rings. The highest BCUT2D eigenvalue weighted by Gasteiger charge is 2.25. The number of aromatic nitrogens is 1. The van der Waals surface area contributed by atoms with Crippen LogP contribution < -0.4 is 10.1 Å². The van der Waals surface area contributed by atoms with Crippen LogP contribution in [0.1, 0.15) is 43.6 Å². The Morgan fingerprint density at radius 3 is 2.67 bits per heavy atom. The van der Waals surface area contributed by atoms with Crippen LogP contribution in [-0.4, -0.2) is 36.6 Å². The fraction of sp³-hybridized carbons (Fsp3) is 0.588. The minimum absolute atomic E-state index is 0.210. The van der Waals surface area contributed by atoms with Gasteiger partial charge in [0.2, 0.25) is 5.88 Å². The average Bonchev–Trinajstić information content (AvgIpc) is 3.36. The molecule has 1 N–H and O–H groups in total. The molecule has 2 rings (SSSR count). The smallest absolute Gasteiger partial charge is 0.328 e. The molecule has 1 amide bonds. The topological polar surface area (TPSA) is 77.5 Å². The standard InChI is InChI=1S/C17H23BrN2O4/c1-10(2)8-14(17(22)23-3)19-15(21)13-7-6-12(18)16(20-13)24-9-11-4-5-11/h6-7,10-11,14H,4-5,8-9H2,1-3H3,(H,19,21). The molecule has 7 heteroatoms. The van der Waals surface area contributed by atoms with Crippen molar-refractivity contribution in [1.29, 1.82) is 0 Å². The first-order chi connectivity index (χ1) is 11.4. The molecule has 1 unspecified atom stereocenters. The van der Waals surface area contributed by atoms with E-state index in [1.165, 1.54) is 20.0 Å². The van der Waals surface area contributed by atoms with E-state index in [1.807, 2.05) is 13.8 Å². The van der Waals surface area contributed by atoms with Gasteiger partial charge >= 0.3 is 5.97 Å². The second-order valence-electron chi connectivity index (χ2n) is 6.42. The highest BCUT2D eigenvalue weighted by molar-refractivity contribution is 9.10. The Labute approximate surface area is 150 Å². The van der Waals surface area contributed by atoms with Gasteiger partial charge in [0.05, 0.1) is 18.2 Å². The van der Waals surface area contributed by atoms with Gasteiger partial charge in [-0.05, 0) is 59.2 Å². The molecule has 1 fully saturated rings. The van der Waals surface area contributed by atoms with E-state index in [2.05, 4.69) is 26.2 Å². The summed E-state index contributed by atoms with van der Waals surface area (Å²) in [5.74, 6) is 0.345. The zero-order valence-electron chi connectivity index (χ0n) is 14.2. The van der Waals surface area contributed by atoms with E-state index in [-0.39, 0.29) is 11.6 Å². The highest BCUT2D eigenvalue weighted by Crippen LogP contribution is 2.31. The summed E-state index contributed by atoms with van der Waals surface area (Å²) in [6, 6.07) is 2.62. The van der Waals surface area contributed by atoms with Crippen molar-refractivity contribution >= 4 is 27.8 Å². The first-order valence-electron chi connectivity index (χ1n) is 8.08. The van der Waals surface area contributed by atoms with Crippen LogP contribution in [0.4, 0.5) is 0 Å². The van der Waals surface area contributed by atoms with Gasteiger partial charge in [0.15, 0.2) is 0 Å². The van der Waals surface area contributed by atoms with Crippen LogP contribution in [0.15, 0.2) is 16.6 Å². The number of nitrogens with one attached hydrogen (secondary N) is 1. The monoisotopic (exact) mass is 398 g/mol. The number of halogens is 1. The molecule has 0 aliphatic heterocycles. The number of nitrogens with zero attached hydrogens (tertiary/aromatic N) is 1. The number of carbonyl (C=O) groups is 2. The Morgan fingerprint density at radius 1 is 1.38 bits per heavy atom. The van der Waals surface area contributed by atoms with Crippen LogP contribution in [0.3, 0.4) is 0 Å². The fourth-order valence-electron chi connectivity index (χ4n) is 2.19. The van der Waals surface area contributed by atoms with Crippen LogP contribution in [-0.2, 0) is 9.53 Å². The molecule has 0 aromatic carbocycles. The van der Waals surface area contributed by atoms with Crippen molar-refractivity contribution in [2.45, 2.75) is 39.2 Å². The van der Waals surface area contributed by atoms with Crippen LogP contribution in [0.25, 0.3) is 0 Å². The van der Waals surface area contributed by atoms with Gasteiger partial charge in [-0.3, -0.25) is 4.79 Å². The lowest BCUT2D eigenvalue weighted by Gasteiger charge is -2.18. The zero-order chi connectivity index (χ0) is 17.7. The normalized spacial score (nSPS) is 15.0. The number of carbonyl (C=O) groups excluding carboxylic acids is 2. The molecule has 24 heavy (non-hydrogen) atoms. The molecule has 1 heterocycles. The second-order valence-corrected chi connectivity index (χ2v) is 7.27. The summed E-state index contributed by atoms with van der Waals surface area (Å²) in [6.07, 6.45) is 2.85. The maximum Gasteiger partial charge on any atom is 0.328 e. The molecular formula is C17H23BrN2O4. The second kappa shape index (κ2) is 8.46. The van der Waals surface area contributed by atoms with Crippen LogP contribution in [0, 0.1) is 11.8 Å². The van der Waals surface area contributed by atoms with Gasteiger partial charge in [-0.25, -0.2) is 9.78 Å². The Kier molecular flexibility index (Phi) is 6.60. The molecule has 1 saturated carbocycles. The van der Waals surface area contributed by atoms with Crippen molar-refractivity contribution in [3.05, 3.63) is 22.3 Å². The van der Waals surface area contributed by atoms with Crippen molar-refractivity contribution in [3.8, 4) is 5.88 Å². The summed E-state index contributed by atoms with van der Waals surface area (Å²) in [7, 11) is 1.31. The quantitative estimate of drug-likeness (QED) is 0.681. The Balaban J connectivity index is 2.06. The van der Waals surface area contributed by atoms with Crippen molar-refractivity contribution < 1.29 is 19.1 Å². The third-order valence-corrected chi connectivity index (χ3v) is 4.30. The van der Waals surface area contributed by atoms with E-state index >= 15 is 0 Å². The van der Waals surface area contributed by atoms with E-state index in [0.29, 0.717) is 29.3 Å². The van der Waals surface area contributed by atoms with Gasteiger partial charge in [0.1, 0.15) is 11.7 Å². The Morgan fingerprint density at radius 2 is 2.08 bits per heavy atom. The number of rotatable bonds is 8. The van der Waals surface area contributed by atoms with E-state index in [9.17, 15) is 9.59 Å². The summed E-state index contributed by atoms with van der Waals surface area (Å²) in [5, 5.41) is 2.69. The SMILES string of the molecule is COC(=O)C(CC(C)C)NC(=O)c1ccc(Br)c(OCC2CC2)n1. The molecule has 0 saturated heterocycles. The first kappa shape index (κ1) is 18.7. The highest BCUT2D eigenvalue weighted by atomic mass is 79.9. The van der Waals surface area contributed by atoms with Gasteiger partial charge in [0, 0.05) is 0 Å². The van der Waals surface area contributed by atoms with Crippen molar-refractivity contribution in [3.63, 3.8) is 0 Å². The van der Waals surface area contributed by atoms with Crippen molar-refractivity contribution in [2.24, 2.45) is 11.8 Å². The van der Waals surface area contributed by atoms with Crippen LogP contribution in [0.5, 0.6) is 5.88 Å². The Bertz CT molecular complexity index is 602. The van der Waals surface area contributed by atoms with Crippen molar-refractivity contribution in [2.75, 3.05) is 13.7 Å². The number of amides is 1. The molecule has 0 spiro atoms. The summed E-state index contributed by atoms with van der Waals surface area (Å²) >= 11 is 3.37.